The van der Waals surface area contributed by atoms with Gasteiger partial charge in [0.25, 0.3) is 0 Å². The number of hydrogen-bond donors (Lipinski definition) is 2. The summed E-state index contributed by atoms with van der Waals surface area (Å²) in [6.07, 6.45) is 0. The Morgan fingerprint density at radius 2 is 1.96 bits per heavy atom. The topological polar surface area (TPSA) is 62.8 Å². The summed E-state index contributed by atoms with van der Waals surface area (Å²) in [6.45, 7) is 8.67. The summed E-state index contributed by atoms with van der Waals surface area (Å²) in [6, 6.07) is 5.69. The highest BCUT2D eigenvalue weighted by molar-refractivity contribution is 5.85. The number of carbonyl (C=O) groups excluding carboxylic acids is 1. The van der Waals surface area contributed by atoms with E-state index in [2.05, 4.69) is 15.5 Å². The molecule has 0 aliphatic carbocycles. The van der Waals surface area contributed by atoms with Gasteiger partial charge in [-0.2, -0.15) is 0 Å². The lowest BCUT2D eigenvalue weighted by molar-refractivity contribution is -0.123. The number of methoxy groups -OCH3 is 1. The van der Waals surface area contributed by atoms with Gasteiger partial charge >= 0.3 is 0 Å². The molecule has 1 atom stereocenters. The Kier molecular flexibility index (Phi) is 11.6. The zero-order valence-electron chi connectivity index (χ0n) is 15.0. The largest absolute Gasteiger partial charge is 0.493 e. The SMILES string of the molecule is CCOc1ccc(C(C)NC(=O)CN2CCNCC2)cc1OC.Cl.Cl. The van der Waals surface area contributed by atoms with Crippen molar-refractivity contribution in [2.75, 3.05) is 46.4 Å². The third-order valence-electron chi connectivity index (χ3n) is 3.94. The average molecular weight is 394 g/mol. The molecule has 144 valence electrons. The van der Waals surface area contributed by atoms with Crippen LogP contribution in [0.15, 0.2) is 18.2 Å². The Labute approximate surface area is 162 Å². The number of amides is 1. The van der Waals surface area contributed by atoms with Crippen LogP contribution in [-0.4, -0.2) is 57.2 Å². The van der Waals surface area contributed by atoms with E-state index in [-0.39, 0.29) is 36.8 Å². The molecule has 2 rings (SSSR count). The lowest BCUT2D eigenvalue weighted by Crippen LogP contribution is -2.47. The van der Waals surface area contributed by atoms with E-state index in [9.17, 15) is 4.79 Å². The van der Waals surface area contributed by atoms with Gasteiger partial charge in [0.2, 0.25) is 5.91 Å². The van der Waals surface area contributed by atoms with Gasteiger partial charge in [0, 0.05) is 26.2 Å². The van der Waals surface area contributed by atoms with Crippen LogP contribution in [0.2, 0.25) is 0 Å². The van der Waals surface area contributed by atoms with E-state index in [4.69, 9.17) is 9.47 Å². The first kappa shape index (κ1) is 23.8. The molecule has 2 N–H and O–H groups in total. The number of rotatable bonds is 7. The molecule has 6 nitrogen and oxygen atoms in total. The quantitative estimate of drug-likeness (QED) is 0.741. The zero-order chi connectivity index (χ0) is 16.7. The maximum atomic E-state index is 12.2. The van der Waals surface area contributed by atoms with Gasteiger partial charge in [0.05, 0.1) is 26.3 Å². The first-order valence-electron chi connectivity index (χ1n) is 8.17. The van der Waals surface area contributed by atoms with Crippen molar-refractivity contribution in [3.63, 3.8) is 0 Å². The van der Waals surface area contributed by atoms with E-state index in [1.54, 1.807) is 7.11 Å². The Bertz CT molecular complexity index is 526. The van der Waals surface area contributed by atoms with E-state index in [1.165, 1.54) is 0 Å². The molecule has 0 saturated carbocycles. The van der Waals surface area contributed by atoms with Gasteiger partial charge in [-0.25, -0.2) is 0 Å². The standard InChI is InChI=1S/C17H27N3O3.2ClH/c1-4-23-15-6-5-14(11-16(15)22-3)13(2)19-17(21)12-20-9-7-18-8-10-20;;/h5-6,11,13,18H,4,7-10,12H2,1-3H3,(H,19,21);2*1H. The van der Waals surface area contributed by atoms with E-state index in [1.807, 2.05) is 32.0 Å². The highest BCUT2D eigenvalue weighted by Crippen LogP contribution is 2.30. The summed E-state index contributed by atoms with van der Waals surface area (Å²) in [5.41, 5.74) is 0.999. The van der Waals surface area contributed by atoms with E-state index < -0.39 is 0 Å². The molecule has 25 heavy (non-hydrogen) atoms. The van der Waals surface area contributed by atoms with Gasteiger partial charge < -0.3 is 20.1 Å². The van der Waals surface area contributed by atoms with Crippen LogP contribution in [0.3, 0.4) is 0 Å². The molecule has 1 aliphatic rings. The fraction of sp³-hybridized carbons (Fsp3) is 0.588. The number of nitrogens with one attached hydrogen (secondary N) is 2. The maximum Gasteiger partial charge on any atom is 0.234 e. The third kappa shape index (κ3) is 7.28. The number of hydrogen-bond acceptors (Lipinski definition) is 5. The molecular formula is C17H29Cl2N3O3. The normalized spacial score (nSPS) is 15.3. The van der Waals surface area contributed by atoms with Crippen LogP contribution in [0.1, 0.15) is 25.5 Å². The van der Waals surface area contributed by atoms with Crippen LogP contribution in [0.5, 0.6) is 11.5 Å². The monoisotopic (exact) mass is 393 g/mol. The Morgan fingerprint density at radius 1 is 1.28 bits per heavy atom. The van der Waals surface area contributed by atoms with E-state index in [0.717, 1.165) is 37.5 Å². The van der Waals surface area contributed by atoms with Crippen LogP contribution < -0.4 is 20.1 Å². The van der Waals surface area contributed by atoms with Crippen molar-refractivity contribution in [1.29, 1.82) is 0 Å². The van der Waals surface area contributed by atoms with Crippen molar-refractivity contribution in [3.05, 3.63) is 23.8 Å². The fourth-order valence-electron chi connectivity index (χ4n) is 2.67. The first-order valence-corrected chi connectivity index (χ1v) is 8.17. The minimum Gasteiger partial charge on any atom is -0.493 e. The minimum absolute atomic E-state index is 0. The fourth-order valence-corrected chi connectivity index (χ4v) is 2.67. The highest BCUT2D eigenvalue weighted by Gasteiger charge is 2.16. The molecule has 1 aliphatic heterocycles. The molecule has 1 aromatic carbocycles. The molecular weight excluding hydrogens is 365 g/mol. The van der Waals surface area contributed by atoms with Crippen LogP contribution in [-0.2, 0) is 4.79 Å². The number of halogens is 2. The van der Waals surface area contributed by atoms with Crippen molar-refractivity contribution >= 4 is 30.7 Å². The molecule has 0 spiro atoms. The summed E-state index contributed by atoms with van der Waals surface area (Å²) >= 11 is 0. The van der Waals surface area contributed by atoms with Crippen molar-refractivity contribution in [3.8, 4) is 11.5 Å². The lowest BCUT2D eigenvalue weighted by Gasteiger charge is -2.27. The second kappa shape index (κ2) is 12.2. The Balaban J connectivity index is 0.00000288. The second-order valence-electron chi connectivity index (χ2n) is 5.66. The average Bonchev–Trinajstić information content (AvgIpc) is 2.56. The predicted octanol–water partition coefficient (Wildman–Crippen LogP) is 2.02. The number of piperazine rings is 1. The van der Waals surface area contributed by atoms with Crippen molar-refractivity contribution in [2.45, 2.75) is 19.9 Å². The molecule has 1 fully saturated rings. The predicted molar refractivity (Wildman–Crippen MR) is 105 cm³/mol. The number of benzene rings is 1. The summed E-state index contributed by atoms with van der Waals surface area (Å²) in [5.74, 6) is 1.46. The van der Waals surface area contributed by atoms with E-state index in [0.29, 0.717) is 18.9 Å². The zero-order valence-corrected chi connectivity index (χ0v) is 16.7. The number of ether oxygens (including phenoxy) is 2. The van der Waals surface area contributed by atoms with Gasteiger partial charge in [-0.15, -0.1) is 24.8 Å². The van der Waals surface area contributed by atoms with Crippen LogP contribution >= 0.6 is 24.8 Å². The Morgan fingerprint density at radius 3 is 2.56 bits per heavy atom. The van der Waals surface area contributed by atoms with Gasteiger partial charge in [-0.3, -0.25) is 9.69 Å². The second-order valence-corrected chi connectivity index (χ2v) is 5.66. The summed E-state index contributed by atoms with van der Waals surface area (Å²) in [5, 5.41) is 6.33. The smallest absolute Gasteiger partial charge is 0.234 e. The van der Waals surface area contributed by atoms with Crippen LogP contribution in [0.25, 0.3) is 0 Å². The van der Waals surface area contributed by atoms with Gasteiger partial charge in [-0.05, 0) is 31.5 Å². The third-order valence-corrected chi connectivity index (χ3v) is 3.94. The molecule has 1 aromatic rings. The number of carbonyl (C=O) groups is 1. The minimum atomic E-state index is -0.0741. The van der Waals surface area contributed by atoms with Crippen molar-refractivity contribution in [1.82, 2.24) is 15.5 Å². The van der Waals surface area contributed by atoms with Gasteiger partial charge in [-0.1, -0.05) is 6.07 Å². The lowest BCUT2D eigenvalue weighted by atomic mass is 10.1. The summed E-state index contributed by atoms with van der Waals surface area (Å²) < 4.78 is 10.9. The molecule has 1 saturated heterocycles. The highest BCUT2D eigenvalue weighted by atomic mass is 35.5. The van der Waals surface area contributed by atoms with Crippen molar-refractivity contribution in [2.24, 2.45) is 0 Å². The first-order chi connectivity index (χ1) is 11.1. The molecule has 1 unspecified atom stereocenters. The van der Waals surface area contributed by atoms with Gasteiger partial charge in [0.1, 0.15) is 0 Å². The van der Waals surface area contributed by atoms with Gasteiger partial charge in [0.15, 0.2) is 11.5 Å². The molecule has 8 heteroatoms. The van der Waals surface area contributed by atoms with Crippen molar-refractivity contribution < 1.29 is 14.3 Å². The van der Waals surface area contributed by atoms with E-state index >= 15 is 0 Å². The summed E-state index contributed by atoms with van der Waals surface area (Å²) in [4.78, 5) is 14.4. The maximum absolute atomic E-state index is 12.2. The molecule has 0 radical (unpaired) electrons. The molecule has 0 bridgehead atoms. The Hall–Kier alpha value is -1.21. The van der Waals surface area contributed by atoms with Crippen LogP contribution in [0.4, 0.5) is 0 Å². The molecule has 1 amide bonds. The molecule has 0 aromatic heterocycles. The van der Waals surface area contributed by atoms with Crippen LogP contribution in [0, 0.1) is 0 Å². The summed E-state index contributed by atoms with van der Waals surface area (Å²) in [7, 11) is 1.62. The number of nitrogens with zero attached hydrogens (tertiary/aromatic N) is 1. The molecule has 1 heterocycles.